The van der Waals surface area contributed by atoms with E-state index in [1.807, 2.05) is 13.0 Å². The largest absolute Gasteiger partial charge is 0.505 e. The number of carbonyl (C=O) groups is 1. The third-order valence-electron chi connectivity index (χ3n) is 2.51. The lowest BCUT2D eigenvalue weighted by Crippen LogP contribution is -2.27. The smallest absolute Gasteiger partial charge is 0.276 e. The van der Waals surface area contributed by atoms with Crippen LogP contribution in [0.25, 0.3) is 0 Å². The predicted octanol–water partition coefficient (Wildman–Crippen LogP) is 3.63. The summed E-state index contributed by atoms with van der Waals surface area (Å²) in [7, 11) is 0. The van der Waals surface area contributed by atoms with Crippen LogP contribution in [0.5, 0.6) is 5.75 Å². The number of phenolic OH excluding ortho intramolecular Hbond substituents is 1. The molecular formula is C11H12Cl3NO2. The summed E-state index contributed by atoms with van der Waals surface area (Å²) in [5.41, 5.74) is 2.57. The van der Waals surface area contributed by atoms with E-state index in [0.29, 0.717) is 11.1 Å². The third-order valence-corrected chi connectivity index (χ3v) is 3.02. The average Bonchev–Trinajstić information content (AvgIpc) is 2.19. The molecule has 0 atom stereocenters. The fourth-order valence-electron chi connectivity index (χ4n) is 1.41. The first-order valence-electron chi connectivity index (χ1n) is 4.82. The van der Waals surface area contributed by atoms with Gasteiger partial charge >= 0.3 is 0 Å². The summed E-state index contributed by atoms with van der Waals surface area (Å²) in [6, 6.07) is 1.84. The third kappa shape index (κ3) is 3.18. The molecule has 0 saturated carbocycles. The van der Waals surface area contributed by atoms with Crippen LogP contribution in [0.3, 0.4) is 0 Å². The Morgan fingerprint density at radius 1 is 1.24 bits per heavy atom. The highest BCUT2D eigenvalue weighted by Gasteiger charge is 2.31. The van der Waals surface area contributed by atoms with Crippen molar-refractivity contribution in [3.63, 3.8) is 0 Å². The summed E-state index contributed by atoms with van der Waals surface area (Å²) in [6.07, 6.45) is 0. The van der Waals surface area contributed by atoms with E-state index in [1.54, 1.807) is 13.8 Å². The molecule has 3 nitrogen and oxygen atoms in total. The Morgan fingerprint density at radius 2 is 1.76 bits per heavy atom. The van der Waals surface area contributed by atoms with E-state index in [9.17, 15) is 9.90 Å². The Hall–Kier alpha value is -0.640. The molecule has 94 valence electrons. The van der Waals surface area contributed by atoms with Gasteiger partial charge in [-0.15, -0.1) is 0 Å². The zero-order valence-corrected chi connectivity index (χ0v) is 11.8. The van der Waals surface area contributed by atoms with Gasteiger partial charge in [0.25, 0.3) is 9.70 Å². The molecule has 1 rings (SSSR count). The van der Waals surface area contributed by atoms with Crippen LogP contribution in [0.1, 0.15) is 16.7 Å². The first-order chi connectivity index (χ1) is 7.64. The van der Waals surface area contributed by atoms with Gasteiger partial charge in [-0.25, -0.2) is 0 Å². The van der Waals surface area contributed by atoms with Crippen LogP contribution in [-0.4, -0.2) is 14.8 Å². The number of aryl methyl sites for hydroxylation is 2. The number of phenols is 1. The van der Waals surface area contributed by atoms with Crippen molar-refractivity contribution in [2.75, 3.05) is 5.32 Å². The van der Waals surface area contributed by atoms with Gasteiger partial charge in [-0.05, 0) is 37.5 Å². The van der Waals surface area contributed by atoms with Crippen LogP contribution in [0.15, 0.2) is 6.07 Å². The molecule has 17 heavy (non-hydrogen) atoms. The average molecular weight is 297 g/mol. The molecule has 2 N–H and O–H groups in total. The number of aromatic hydroxyl groups is 1. The zero-order valence-electron chi connectivity index (χ0n) is 9.57. The maximum Gasteiger partial charge on any atom is 0.276 e. The zero-order chi connectivity index (χ0) is 13.4. The van der Waals surface area contributed by atoms with Gasteiger partial charge in [-0.1, -0.05) is 40.9 Å². The molecule has 0 aromatic heterocycles. The summed E-state index contributed by atoms with van der Waals surface area (Å²) >= 11 is 16.3. The van der Waals surface area contributed by atoms with Crippen molar-refractivity contribution in [3.05, 3.63) is 22.8 Å². The Morgan fingerprint density at radius 3 is 2.24 bits per heavy atom. The predicted molar refractivity (Wildman–Crippen MR) is 71.2 cm³/mol. The molecule has 0 fully saturated rings. The second-order valence-corrected chi connectivity index (χ2v) is 6.09. The second kappa shape index (κ2) is 4.92. The monoisotopic (exact) mass is 295 g/mol. The highest BCUT2D eigenvalue weighted by Crippen LogP contribution is 2.35. The number of alkyl halides is 3. The Kier molecular flexibility index (Phi) is 4.18. The molecule has 1 amide bonds. The van der Waals surface area contributed by atoms with Gasteiger partial charge in [0.05, 0.1) is 5.69 Å². The van der Waals surface area contributed by atoms with Crippen molar-refractivity contribution in [2.45, 2.75) is 24.6 Å². The first-order valence-corrected chi connectivity index (χ1v) is 5.96. The summed E-state index contributed by atoms with van der Waals surface area (Å²) in [5, 5.41) is 12.3. The Bertz CT molecular complexity index is 467. The summed E-state index contributed by atoms with van der Waals surface area (Å²) < 4.78 is -2.06. The van der Waals surface area contributed by atoms with E-state index < -0.39 is 9.70 Å². The van der Waals surface area contributed by atoms with Gasteiger partial charge < -0.3 is 10.4 Å². The van der Waals surface area contributed by atoms with Crippen LogP contribution in [0.2, 0.25) is 0 Å². The van der Waals surface area contributed by atoms with Gasteiger partial charge in [0, 0.05) is 0 Å². The van der Waals surface area contributed by atoms with E-state index in [2.05, 4.69) is 5.32 Å². The minimum Gasteiger partial charge on any atom is -0.505 e. The first kappa shape index (κ1) is 14.4. The maximum atomic E-state index is 11.5. The van der Waals surface area contributed by atoms with Crippen LogP contribution >= 0.6 is 34.8 Å². The fraction of sp³-hybridized carbons (Fsp3) is 0.364. The number of amides is 1. The van der Waals surface area contributed by atoms with Crippen molar-refractivity contribution in [2.24, 2.45) is 0 Å². The van der Waals surface area contributed by atoms with Gasteiger partial charge in [0.2, 0.25) is 0 Å². The lowest BCUT2D eigenvalue weighted by molar-refractivity contribution is -0.115. The molecule has 0 radical (unpaired) electrons. The van der Waals surface area contributed by atoms with Crippen LogP contribution < -0.4 is 5.32 Å². The standard InChI is InChI=1S/C11H12Cl3NO2/c1-5-4-6(2)8(9(16)7(5)3)15-10(17)11(12,13)14/h4,16H,1-3H3,(H,15,17). The normalized spacial score (nSPS) is 11.4. The minimum atomic E-state index is -2.06. The maximum absolute atomic E-state index is 11.5. The molecule has 6 heteroatoms. The van der Waals surface area contributed by atoms with Crippen LogP contribution in [0.4, 0.5) is 5.69 Å². The number of nitrogens with one attached hydrogen (secondary N) is 1. The van der Waals surface area contributed by atoms with E-state index in [0.717, 1.165) is 5.56 Å². The molecular weight excluding hydrogens is 284 g/mol. The van der Waals surface area contributed by atoms with Crippen molar-refractivity contribution in [1.82, 2.24) is 0 Å². The number of hydrogen-bond donors (Lipinski definition) is 2. The molecule has 0 aliphatic heterocycles. The van der Waals surface area contributed by atoms with Crippen LogP contribution in [0, 0.1) is 20.8 Å². The van der Waals surface area contributed by atoms with E-state index in [4.69, 9.17) is 34.8 Å². The molecule has 1 aromatic carbocycles. The van der Waals surface area contributed by atoms with E-state index in [1.165, 1.54) is 0 Å². The molecule has 0 aliphatic carbocycles. The number of benzene rings is 1. The molecule has 1 aromatic rings. The fourth-order valence-corrected chi connectivity index (χ4v) is 1.55. The highest BCUT2D eigenvalue weighted by atomic mass is 35.6. The number of hydrogen-bond acceptors (Lipinski definition) is 2. The van der Waals surface area contributed by atoms with Crippen molar-refractivity contribution in [3.8, 4) is 5.75 Å². The summed E-state index contributed by atoms with van der Waals surface area (Å²) in [4.78, 5) is 11.5. The van der Waals surface area contributed by atoms with Gasteiger partial charge in [0.15, 0.2) is 0 Å². The molecule has 0 spiro atoms. The van der Waals surface area contributed by atoms with Gasteiger partial charge in [0.1, 0.15) is 5.75 Å². The molecule has 0 saturated heterocycles. The Labute approximate surface area is 115 Å². The van der Waals surface area contributed by atoms with Gasteiger partial charge in [-0.2, -0.15) is 0 Å². The van der Waals surface area contributed by atoms with Crippen LogP contribution in [-0.2, 0) is 4.79 Å². The number of rotatable bonds is 1. The lowest BCUT2D eigenvalue weighted by Gasteiger charge is -2.16. The van der Waals surface area contributed by atoms with Crippen molar-refractivity contribution in [1.29, 1.82) is 0 Å². The van der Waals surface area contributed by atoms with E-state index in [-0.39, 0.29) is 11.4 Å². The number of halogens is 3. The molecule has 0 heterocycles. The lowest BCUT2D eigenvalue weighted by atomic mass is 10.0. The molecule has 0 bridgehead atoms. The SMILES string of the molecule is Cc1cc(C)c(NC(=O)C(Cl)(Cl)Cl)c(O)c1C. The minimum absolute atomic E-state index is 0.00917. The van der Waals surface area contributed by atoms with E-state index >= 15 is 0 Å². The molecule has 0 aliphatic rings. The quantitative estimate of drug-likeness (QED) is 0.614. The summed E-state index contributed by atoms with van der Waals surface area (Å²) in [6.45, 7) is 5.36. The number of carbonyl (C=O) groups excluding carboxylic acids is 1. The second-order valence-electron chi connectivity index (χ2n) is 3.81. The van der Waals surface area contributed by atoms with Crippen molar-refractivity contribution >= 4 is 46.4 Å². The van der Waals surface area contributed by atoms with Crippen molar-refractivity contribution < 1.29 is 9.90 Å². The van der Waals surface area contributed by atoms with Gasteiger partial charge in [-0.3, -0.25) is 4.79 Å². The summed E-state index contributed by atoms with van der Waals surface area (Å²) in [5.74, 6) is -0.811. The number of anilines is 1. The topological polar surface area (TPSA) is 49.3 Å². The molecule has 0 unspecified atom stereocenters. The highest BCUT2D eigenvalue weighted by molar-refractivity contribution is 6.76. The Balaban J connectivity index is 3.17.